The lowest BCUT2D eigenvalue weighted by atomic mass is 10.2. The summed E-state index contributed by atoms with van der Waals surface area (Å²) in [7, 11) is -2.00. The van der Waals surface area contributed by atoms with Crippen molar-refractivity contribution in [3.63, 3.8) is 0 Å². The van der Waals surface area contributed by atoms with Crippen LogP contribution in [0.15, 0.2) is 41.8 Å². The zero-order chi connectivity index (χ0) is 13.2. The SMILES string of the molecule is CN(Cc1ccc(N)cc1)S(=O)(=O)c1cnc[nH]1. The van der Waals surface area contributed by atoms with Gasteiger partial charge in [-0.2, -0.15) is 4.31 Å². The number of sulfonamides is 1. The molecule has 0 aliphatic heterocycles. The van der Waals surface area contributed by atoms with Crippen molar-refractivity contribution in [1.82, 2.24) is 14.3 Å². The number of benzene rings is 1. The van der Waals surface area contributed by atoms with Gasteiger partial charge in [0.2, 0.25) is 0 Å². The number of nitrogens with zero attached hydrogens (tertiary/aromatic N) is 2. The molecule has 1 aromatic heterocycles. The fourth-order valence-corrected chi connectivity index (χ4v) is 2.57. The van der Waals surface area contributed by atoms with Gasteiger partial charge in [0.05, 0.1) is 12.5 Å². The van der Waals surface area contributed by atoms with Crippen LogP contribution in [0.4, 0.5) is 5.69 Å². The van der Waals surface area contributed by atoms with Gasteiger partial charge in [-0.3, -0.25) is 0 Å². The van der Waals surface area contributed by atoms with Gasteiger partial charge >= 0.3 is 0 Å². The monoisotopic (exact) mass is 266 g/mol. The zero-order valence-corrected chi connectivity index (χ0v) is 10.7. The molecule has 0 spiro atoms. The summed E-state index contributed by atoms with van der Waals surface area (Å²) in [5.74, 6) is 0. The van der Waals surface area contributed by atoms with E-state index in [1.54, 1.807) is 24.3 Å². The normalized spacial score (nSPS) is 11.9. The Labute approximate surface area is 106 Å². The van der Waals surface area contributed by atoms with Gasteiger partial charge in [0.15, 0.2) is 5.03 Å². The van der Waals surface area contributed by atoms with E-state index in [1.807, 2.05) is 0 Å². The van der Waals surface area contributed by atoms with Crippen molar-refractivity contribution in [2.45, 2.75) is 11.6 Å². The van der Waals surface area contributed by atoms with Gasteiger partial charge < -0.3 is 10.7 Å². The fourth-order valence-electron chi connectivity index (χ4n) is 1.52. The maximum absolute atomic E-state index is 12.1. The highest BCUT2D eigenvalue weighted by atomic mass is 32.2. The third-order valence-electron chi connectivity index (χ3n) is 2.55. The summed E-state index contributed by atoms with van der Waals surface area (Å²) >= 11 is 0. The number of rotatable bonds is 4. The largest absolute Gasteiger partial charge is 0.399 e. The summed E-state index contributed by atoms with van der Waals surface area (Å²) in [4.78, 5) is 6.30. The fraction of sp³-hybridized carbons (Fsp3) is 0.182. The average Bonchev–Trinajstić information content (AvgIpc) is 2.86. The van der Waals surface area contributed by atoms with Crippen LogP contribution in [0.25, 0.3) is 0 Å². The van der Waals surface area contributed by atoms with Crippen LogP contribution in [0.5, 0.6) is 0 Å². The van der Waals surface area contributed by atoms with E-state index in [0.717, 1.165) is 5.56 Å². The van der Waals surface area contributed by atoms with Gasteiger partial charge in [0, 0.05) is 19.3 Å². The number of aromatic nitrogens is 2. The van der Waals surface area contributed by atoms with Crippen LogP contribution in [0, 0.1) is 0 Å². The van der Waals surface area contributed by atoms with Gasteiger partial charge in [0.1, 0.15) is 0 Å². The van der Waals surface area contributed by atoms with Crippen molar-refractivity contribution < 1.29 is 8.42 Å². The summed E-state index contributed by atoms with van der Waals surface area (Å²) in [5.41, 5.74) is 7.10. The number of nitrogen functional groups attached to an aromatic ring is 1. The molecular formula is C11H14N4O2S. The first-order valence-electron chi connectivity index (χ1n) is 5.29. The summed E-state index contributed by atoms with van der Waals surface area (Å²) in [6.07, 6.45) is 2.62. The Morgan fingerprint density at radius 3 is 2.56 bits per heavy atom. The number of anilines is 1. The second-order valence-corrected chi connectivity index (χ2v) is 5.93. The van der Waals surface area contributed by atoms with Crippen molar-refractivity contribution in [1.29, 1.82) is 0 Å². The molecule has 0 unspecified atom stereocenters. The molecule has 96 valence electrons. The first-order valence-corrected chi connectivity index (χ1v) is 6.73. The van der Waals surface area contributed by atoms with Crippen LogP contribution in [0.1, 0.15) is 5.56 Å². The number of nitrogens with one attached hydrogen (secondary N) is 1. The van der Waals surface area contributed by atoms with Crippen LogP contribution in [0.2, 0.25) is 0 Å². The Morgan fingerprint density at radius 1 is 1.33 bits per heavy atom. The molecule has 0 amide bonds. The molecule has 6 nitrogen and oxygen atoms in total. The highest BCUT2D eigenvalue weighted by molar-refractivity contribution is 7.89. The molecule has 0 saturated heterocycles. The molecule has 1 heterocycles. The molecule has 0 bridgehead atoms. The van der Waals surface area contributed by atoms with Crippen LogP contribution in [-0.4, -0.2) is 29.7 Å². The molecule has 18 heavy (non-hydrogen) atoms. The van der Waals surface area contributed by atoms with E-state index in [4.69, 9.17) is 5.73 Å². The van der Waals surface area contributed by atoms with Crippen LogP contribution in [-0.2, 0) is 16.6 Å². The number of hydrogen-bond donors (Lipinski definition) is 2. The predicted molar refractivity (Wildman–Crippen MR) is 68.1 cm³/mol. The number of imidazole rings is 1. The van der Waals surface area contributed by atoms with E-state index >= 15 is 0 Å². The van der Waals surface area contributed by atoms with E-state index < -0.39 is 10.0 Å². The molecule has 3 N–H and O–H groups in total. The molecule has 1 aromatic carbocycles. The Kier molecular flexibility index (Phi) is 3.35. The summed E-state index contributed by atoms with van der Waals surface area (Å²) in [6, 6.07) is 7.08. The number of nitrogens with two attached hydrogens (primary N) is 1. The minimum atomic E-state index is -3.52. The van der Waals surface area contributed by atoms with E-state index in [1.165, 1.54) is 23.9 Å². The summed E-state index contributed by atoms with van der Waals surface area (Å²) in [5, 5.41) is 0.0837. The maximum Gasteiger partial charge on any atom is 0.260 e. The first-order chi connectivity index (χ1) is 8.50. The summed E-state index contributed by atoms with van der Waals surface area (Å²) in [6.45, 7) is 0.279. The van der Waals surface area contributed by atoms with Crippen molar-refractivity contribution in [2.75, 3.05) is 12.8 Å². The lowest BCUT2D eigenvalue weighted by Gasteiger charge is -2.15. The van der Waals surface area contributed by atoms with Crippen molar-refractivity contribution in [2.24, 2.45) is 0 Å². The molecule has 0 radical (unpaired) electrons. The molecule has 7 heteroatoms. The Bertz CT molecular complexity index is 605. The molecular weight excluding hydrogens is 252 g/mol. The third-order valence-corrected chi connectivity index (χ3v) is 4.28. The maximum atomic E-state index is 12.1. The van der Waals surface area contributed by atoms with Crippen molar-refractivity contribution in [3.8, 4) is 0 Å². The smallest absolute Gasteiger partial charge is 0.260 e. The quantitative estimate of drug-likeness (QED) is 0.801. The van der Waals surface area contributed by atoms with E-state index in [0.29, 0.717) is 5.69 Å². The lowest BCUT2D eigenvalue weighted by Crippen LogP contribution is -2.26. The van der Waals surface area contributed by atoms with Gasteiger partial charge in [-0.1, -0.05) is 12.1 Å². The molecule has 0 fully saturated rings. The molecule has 0 aliphatic rings. The molecule has 2 rings (SSSR count). The Morgan fingerprint density at radius 2 is 2.00 bits per heavy atom. The van der Waals surface area contributed by atoms with E-state index in [2.05, 4.69) is 9.97 Å². The first kappa shape index (κ1) is 12.6. The Hall–Kier alpha value is -1.86. The third kappa shape index (κ3) is 2.52. The molecule has 0 saturated carbocycles. The highest BCUT2D eigenvalue weighted by Crippen LogP contribution is 2.14. The van der Waals surface area contributed by atoms with Gasteiger partial charge in [-0.25, -0.2) is 13.4 Å². The Balaban J connectivity index is 2.17. The second-order valence-electron chi connectivity index (χ2n) is 3.92. The van der Waals surface area contributed by atoms with Crippen molar-refractivity contribution >= 4 is 15.7 Å². The minimum Gasteiger partial charge on any atom is -0.399 e. The van der Waals surface area contributed by atoms with Gasteiger partial charge in [0.25, 0.3) is 10.0 Å². The standard InChI is InChI=1S/C11H14N4O2S/c1-15(7-9-2-4-10(12)5-3-9)18(16,17)11-6-13-8-14-11/h2-6,8H,7,12H2,1H3,(H,13,14). The van der Waals surface area contributed by atoms with Gasteiger partial charge in [-0.15, -0.1) is 0 Å². The van der Waals surface area contributed by atoms with Crippen LogP contribution < -0.4 is 5.73 Å². The summed E-state index contributed by atoms with van der Waals surface area (Å²) < 4.78 is 25.4. The predicted octanol–water partition coefficient (Wildman–Crippen LogP) is 0.813. The van der Waals surface area contributed by atoms with Crippen molar-refractivity contribution in [3.05, 3.63) is 42.4 Å². The topological polar surface area (TPSA) is 92.1 Å². The number of hydrogen-bond acceptors (Lipinski definition) is 4. The van der Waals surface area contributed by atoms with E-state index in [9.17, 15) is 8.42 Å². The minimum absolute atomic E-state index is 0.0837. The molecule has 2 aromatic rings. The van der Waals surface area contributed by atoms with Crippen LogP contribution in [0.3, 0.4) is 0 Å². The molecule has 0 aliphatic carbocycles. The number of H-pyrrole nitrogens is 1. The lowest BCUT2D eigenvalue weighted by molar-refractivity contribution is 0.464. The second kappa shape index (κ2) is 4.79. The zero-order valence-electron chi connectivity index (χ0n) is 9.87. The number of aromatic amines is 1. The molecule has 0 atom stereocenters. The van der Waals surface area contributed by atoms with E-state index in [-0.39, 0.29) is 11.6 Å². The van der Waals surface area contributed by atoms with Crippen LogP contribution >= 0.6 is 0 Å². The van der Waals surface area contributed by atoms with Gasteiger partial charge in [-0.05, 0) is 17.7 Å². The average molecular weight is 266 g/mol. The highest BCUT2D eigenvalue weighted by Gasteiger charge is 2.21.